The van der Waals surface area contributed by atoms with Gasteiger partial charge in [0.15, 0.2) is 5.82 Å². The predicted molar refractivity (Wildman–Crippen MR) is 101 cm³/mol. The number of H-pyrrole nitrogens is 1. The Morgan fingerprint density at radius 1 is 1.12 bits per heavy atom. The summed E-state index contributed by atoms with van der Waals surface area (Å²) in [5.74, 6) is 0.497. The molecule has 0 bridgehead atoms. The van der Waals surface area contributed by atoms with Crippen LogP contribution in [0.3, 0.4) is 0 Å². The van der Waals surface area contributed by atoms with Crippen molar-refractivity contribution in [2.75, 3.05) is 5.01 Å². The number of hydrogen-bond donors (Lipinski definition) is 1. The zero-order valence-electron chi connectivity index (χ0n) is 13.4. The van der Waals surface area contributed by atoms with Gasteiger partial charge in [0.2, 0.25) is 0 Å². The van der Waals surface area contributed by atoms with Crippen LogP contribution in [0.15, 0.2) is 47.6 Å². The van der Waals surface area contributed by atoms with E-state index >= 15 is 0 Å². The molecule has 0 spiro atoms. The van der Waals surface area contributed by atoms with Crippen molar-refractivity contribution >= 4 is 61.7 Å². The quantitative estimate of drug-likeness (QED) is 0.545. The number of carbonyl (C=O) groups excluding carboxylic acids is 1. The topological polar surface area (TPSA) is 61.4 Å². The highest BCUT2D eigenvalue weighted by Gasteiger charge is 2.26. The van der Waals surface area contributed by atoms with E-state index in [1.165, 1.54) is 5.01 Å². The fourth-order valence-electron chi connectivity index (χ4n) is 3.45. The van der Waals surface area contributed by atoms with Gasteiger partial charge in [-0.3, -0.25) is 4.79 Å². The highest BCUT2D eigenvalue weighted by atomic mass is 35.5. The molecule has 122 valence electrons. The fourth-order valence-corrected chi connectivity index (χ4v) is 3.62. The molecule has 0 unspecified atom stereocenters. The second-order valence-corrected chi connectivity index (χ2v) is 6.67. The summed E-state index contributed by atoms with van der Waals surface area (Å²) in [5.41, 5.74) is 2.47. The van der Waals surface area contributed by atoms with E-state index in [-0.39, 0.29) is 5.91 Å². The van der Waals surface area contributed by atoms with Crippen molar-refractivity contribution in [1.82, 2.24) is 9.97 Å². The van der Waals surface area contributed by atoms with Gasteiger partial charge >= 0.3 is 0 Å². The van der Waals surface area contributed by atoms with Crippen molar-refractivity contribution in [2.45, 2.75) is 13.3 Å². The van der Waals surface area contributed by atoms with Crippen LogP contribution in [0, 0.1) is 0 Å². The molecule has 1 aliphatic heterocycles. The number of fused-ring (bicyclic) bond motifs is 5. The molecule has 5 nitrogen and oxygen atoms in total. The van der Waals surface area contributed by atoms with Crippen LogP contribution < -0.4 is 5.01 Å². The maximum atomic E-state index is 12.3. The Morgan fingerprint density at radius 3 is 2.68 bits per heavy atom. The molecule has 1 amide bonds. The van der Waals surface area contributed by atoms with Crippen LogP contribution in [-0.2, 0) is 4.79 Å². The molecule has 6 heteroatoms. The molecule has 0 aliphatic carbocycles. The van der Waals surface area contributed by atoms with Gasteiger partial charge in [-0.15, -0.1) is 0 Å². The fraction of sp³-hybridized carbons (Fsp3) is 0.105. The average molecular weight is 349 g/mol. The van der Waals surface area contributed by atoms with Gasteiger partial charge in [0, 0.05) is 32.4 Å². The molecule has 3 heterocycles. The van der Waals surface area contributed by atoms with Crippen molar-refractivity contribution in [2.24, 2.45) is 5.10 Å². The number of pyridine rings is 1. The third-order valence-electron chi connectivity index (χ3n) is 4.51. The number of hydrazone groups is 1. The normalized spacial score (nSPS) is 14.9. The van der Waals surface area contributed by atoms with Crippen LogP contribution in [0.5, 0.6) is 0 Å². The van der Waals surface area contributed by atoms with E-state index in [1.54, 1.807) is 0 Å². The number of anilines is 1. The second kappa shape index (κ2) is 5.04. The zero-order chi connectivity index (χ0) is 17.1. The second-order valence-electron chi connectivity index (χ2n) is 6.24. The van der Waals surface area contributed by atoms with E-state index in [4.69, 9.17) is 16.6 Å². The molecule has 1 aliphatic rings. The number of aromatic amines is 1. The Morgan fingerprint density at radius 2 is 1.92 bits per heavy atom. The number of halogens is 1. The molecule has 0 saturated carbocycles. The van der Waals surface area contributed by atoms with Crippen molar-refractivity contribution in [1.29, 1.82) is 0 Å². The molecule has 0 fully saturated rings. The van der Waals surface area contributed by atoms with Crippen LogP contribution in [-0.4, -0.2) is 21.6 Å². The van der Waals surface area contributed by atoms with Crippen LogP contribution in [0.4, 0.5) is 5.82 Å². The predicted octanol–water partition coefficient (Wildman–Crippen LogP) is 4.64. The maximum absolute atomic E-state index is 12.3. The number of carbonyl (C=O) groups is 1. The van der Waals surface area contributed by atoms with Gasteiger partial charge in [-0.2, -0.15) is 10.1 Å². The summed E-state index contributed by atoms with van der Waals surface area (Å²) in [5, 5.41) is 10.4. The number of hydrogen-bond acceptors (Lipinski definition) is 3. The number of nitrogens with one attached hydrogen (secondary N) is 1. The standard InChI is InChI=1S/C19H13ClN4O/c1-10-8-16(25)24(23-10)19-13-5-3-2-4-12(13)17-14-9-11(20)6-7-15(14)21-18(17)22-19/h2-7,9H,8H2,1H3,(H,21,22). The Hall–Kier alpha value is -2.92. The molecule has 2 aromatic heterocycles. The molecule has 1 N–H and O–H groups in total. The summed E-state index contributed by atoms with van der Waals surface area (Å²) in [7, 11) is 0. The van der Waals surface area contributed by atoms with Crippen LogP contribution in [0.25, 0.3) is 32.7 Å². The van der Waals surface area contributed by atoms with Crippen molar-refractivity contribution in [3.8, 4) is 0 Å². The first-order valence-electron chi connectivity index (χ1n) is 7.98. The zero-order valence-corrected chi connectivity index (χ0v) is 14.1. The number of rotatable bonds is 1. The third kappa shape index (κ3) is 2.06. The van der Waals surface area contributed by atoms with E-state index in [9.17, 15) is 4.79 Å². The third-order valence-corrected chi connectivity index (χ3v) is 4.75. The molecule has 0 saturated heterocycles. The van der Waals surface area contributed by atoms with Gasteiger partial charge in [0.05, 0.1) is 6.42 Å². The number of nitrogens with zero attached hydrogens (tertiary/aromatic N) is 3. The molecular formula is C19H13ClN4O. The number of amides is 1. The van der Waals surface area contributed by atoms with Gasteiger partial charge in [-0.05, 0) is 30.5 Å². The lowest BCUT2D eigenvalue weighted by molar-refractivity contribution is -0.116. The minimum Gasteiger partial charge on any atom is -0.339 e. The van der Waals surface area contributed by atoms with Crippen LogP contribution in [0.1, 0.15) is 13.3 Å². The SMILES string of the molecule is CC1=NN(c2nc3[nH]c4ccc(Cl)cc4c3c3ccccc23)C(=O)C1. The van der Waals surface area contributed by atoms with Crippen LogP contribution >= 0.6 is 11.6 Å². The highest BCUT2D eigenvalue weighted by molar-refractivity contribution is 6.32. The lowest BCUT2D eigenvalue weighted by atomic mass is 10.1. The van der Waals surface area contributed by atoms with E-state index in [0.717, 1.165) is 38.4 Å². The van der Waals surface area contributed by atoms with Crippen molar-refractivity contribution in [3.05, 3.63) is 47.5 Å². The molecule has 5 rings (SSSR count). The summed E-state index contributed by atoms with van der Waals surface area (Å²) >= 11 is 6.19. The Bertz CT molecular complexity index is 1220. The lowest BCUT2D eigenvalue weighted by Gasteiger charge is -2.14. The summed E-state index contributed by atoms with van der Waals surface area (Å²) < 4.78 is 0. The summed E-state index contributed by atoms with van der Waals surface area (Å²) in [6, 6.07) is 13.7. The van der Waals surface area contributed by atoms with Crippen LogP contribution in [0.2, 0.25) is 5.02 Å². The summed E-state index contributed by atoms with van der Waals surface area (Å²) in [4.78, 5) is 20.4. The van der Waals surface area contributed by atoms with Gasteiger partial charge in [0.1, 0.15) is 5.65 Å². The number of benzene rings is 2. The van der Waals surface area contributed by atoms with Crippen molar-refractivity contribution in [3.63, 3.8) is 0 Å². The number of aromatic nitrogens is 2. The molecular weight excluding hydrogens is 336 g/mol. The largest absolute Gasteiger partial charge is 0.339 e. The van der Waals surface area contributed by atoms with Gasteiger partial charge in [0.25, 0.3) is 5.91 Å². The van der Waals surface area contributed by atoms with E-state index in [2.05, 4.69) is 10.1 Å². The maximum Gasteiger partial charge on any atom is 0.254 e. The minimum atomic E-state index is -0.0614. The molecule has 25 heavy (non-hydrogen) atoms. The monoisotopic (exact) mass is 348 g/mol. The summed E-state index contributed by atoms with van der Waals surface area (Å²) in [6.45, 7) is 1.85. The van der Waals surface area contributed by atoms with Gasteiger partial charge in [-0.1, -0.05) is 35.9 Å². The molecule has 4 aromatic rings. The Labute approximate surface area is 147 Å². The van der Waals surface area contributed by atoms with Crippen molar-refractivity contribution < 1.29 is 4.79 Å². The average Bonchev–Trinajstić information content (AvgIpc) is 3.13. The molecule has 0 atom stereocenters. The Kier molecular flexibility index (Phi) is 2.91. The minimum absolute atomic E-state index is 0.0614. The van der Waals surface area contributed by atoms with Gasteiger partial charge in [-0.25, -0.2) is 4.98 Å². The van der Waals surface area contributed by atoms with E-state index in [1.807, 2.05) is 49.4 Å². The first-order valence-corrected chi connectivity index (χ1v) is 8.36. The summed E-state index contributed by atoms with van der Waals surface area (Å²) in [6.07, 6.45) is 0.330. The smallest absolute Gasteiger partial charge is 0.254 e. The van der Waals surface area contributed by atoms with Gasteiger partial charge < -0.3 is 4.98 Å². The molecule has 2 aromatic carbocycles. The molecule has 0 radical (unpaired) electrons. The first-order chi connectivity index (χ1) is 12.1. The van der Waals surface area contributed by atoms with E-state index in [0.29, 0.717) is 17.3 Å². The Balaban J connectivity index is 1.94. The first kappa shape index (κ1) is 14.4. The lowest BCUT2D eigenvalue weighted by Crippen LogP contribution is -2.21. The highest BCUT2D eigenvalue weighted by Crippen LogP contribution is 2.37. The van der Waals surface area contributed by atoms with E-state index < -0.39 is 0 Å².